The van der Waals surface area contributed by atoms with E-state index in [1.165, 1.54) is 0 Å². The van der Waals surface area contributed by atoms with Crippen LogP contribution in [-0.4, -0.2) is 14.2 Å². The van der Waals surface area contributed by atoms with Crippen molar-refractivity contribution in [2.45, 2.75) is 13.0 Å². The first-order valence-electron chi connectivity index (χ1n) is 6.24. The van der Waals surface area contributed by atoms with E-state index in [-0.39, 0.29) is 6.04 Å². The molecule has 2 N–H and O–H groups in total. The van der Waals surface area contributed by atoms with E-state index in [1.807, 2.05) is 43.3 Å². The smallest absolute Gasteiger partial charge is 0.168 e. The van der Waals surface area contributed by atoms with Crippen LogP contribution in [0, 0.1) is 0 Å². The number of methoxy groups -OCH3 is 2. The lowest BCUT2D eigenvalue weighted by atomic mass is 9.98. The number of nitrogens with two attached hydrogens (primary N) is 1. The Morgan fingerprint density at radius 2 is 1.68 bits per heavy atom. The second kappa shape index (κ2) is 5.76. The molecule has 0 spiro atoms. The van der Waals surface area contributed by atoms with Gasteiger partial charge < -0.3 is 15.2 Å². The van der Waals surface area contributed by atoms with Crippen molar-refractivity contribution in [1.29, 1.82) is 0 Å². The second-order valence-corrected chi connectivity index (χ2v) is 4.46. The Bertz CT molecular complexity index is 550. The summed E-state index contributed by atoms with van der Waals surface area (Å²) in [5.41, 5.74) is 9.08. The van der Waals surface area contributed by atoms with Gasteiger partial charge in [0.15, 0.2) is 11.5 Å². The minimum absolute atomic E-state index is 0.0535. The van der Waals surface area contributed by atoms with E-state index >= 15 is 0 Å². The number of hydrogen-bond donors (Lipinski definition) is 1. The molecule has 0 aliphatic carbocycles. The molecule has 0 fully saturated rings. The van der Waals surface area contributed by atoms with E-state index in [0.717, 1.165) is 22.4 Å². The third kappa shape index (κ3) is 2.71. The van der Waals surface area contributed by atoms with E-state index < -0.39 is 0 Å². The topological polar surface area (TPSA) is 44.5 Å². The summed E-state index contributed by atoms with van der Waals surface area (Å²) >= 11 is 0. The predicted molar refractivity (Wildman–Crippen MR) is 77.6 cm³/mol. The van der Waals surface area contributed by atoms with Crippen LogP contribution in [0.25, 0.3) is 11.1 Å². The SMILES string of the molecule is COc1cc(C(C)N)cc(-c2ccccc2)c1OC. The van der Waals surface area contributed by atoms with Gasteiger partial charge in [-0.05, 0) is 30.2 Å². The Hall–Kier alpha value is -2.00. The van der Waals surface area contributed by atoms with Crippen LogP contribution in [-0.2, 0) is 0 Å². The molecular weight excluding hydrogens is 238 g/mol. The molecule has 3 heteroatoms. The van der Waals surface area contributed by atoms with Gasteiger partial charge in [0, 0.05) is 11.6 Å². The van der Waals surface area contributed by atoms with Gasteiger partial charge in [0.1, 0.15) is 0 Å². The fourth-order valence-electron chi connectivity index (χ4n) is 2.08. The van der Waals surface area contributed by atoms with E-state index in [9.17, 15) is 0 Å². The molecule has 3 nitrogen and oxygen atoms in total. The molecule has 0 aliphatic rings. The highest BCUT2D eigenvalue weighted by Gasteiger charge is 2.15. The lowest BCUT2D eigenvalue weighted by Gasteiger charge is -2.16. The number of rotatable bonds is 4. The molecular formula is C16H19NO2. The molecule has 0 radical (unpaired) electrons. The van der Waals surface area contributed by atoms with Gasteiger partial charge in [-0.1, -0.05) is 30.3 Å². The molecule has 0 saturated heterocycles. The first-order valence-corrected chi connectivity index (χ1v) is 6.24. The largest absolute Gasteiger partial charge is 0.493 e. The normalized spacial score (nSPS) is 12.0. The zero-order valence-corrected chi connectivity index (χ0v) is 11.5. The maximum Gasteiger partial charge on any atom is 0.168 e. The summed E-state index contributed by atoms with van der Waals surface area (Å²) in [5, 5.41) is 0. The van der Waals surface area contributed by atoms with Gasteiger partial charge >= 0.3 is 0 Å². The zero-order chi connectivity index (χ0) is 13.8. The molecule has 1 unspecified atom stereocenters. The summed E-state index contributed by atoms with van der Waals surface area (Å²) in [6.07, 6.45) is 0. The Morgan fingerprint density at radius 1 is 1.00 bits per heavy atom. The third-order valence-corrected chi connectivity index (χ3v) is 3.11. The van der Waals surface area contributed by atoms with Crippen LogP contribution >= 0.6 is 0 Å². The van der Waals surface area contributed by atoms with Gasteiger partial charge in [-0.25, -0.2) is 0 Å². The molecule has 1 atom stereocenters. The van der Waals surface area contributed by atoms with Gasteiger partial charge in [0.2, 0.25) is 0 Å². The van der Waals surface area contributed by atoms with Crippen molar-refractivity contribution in [3.63, 3.8) is 0 Å². The van der Waals surface area contributed by atoms with Crippen LogP contribution in [0.1, 0.15) is 18.5 Å². The second-order valence-electron chi connectivity index (χ2n) is 4.46. The first kappa shape index (κ1) is 13.4. The molecule has 0 amide bonds. The summed E-state index contributed by atoms with van der Waals surface area (Å²) in [5.74, 6) is 1.44. The Kier molecular flexibility index (Phi) is 4.07. The summed E-state index contributed by atoms with van der Waals surface area (Å²) < 4.78 is 10.9. The van der Waals surface area contributed by atoms with Crippen LogP contribution in [0.4, 0.5) is 0 Å². The summed E-state index contributed by atoms with van der Waals surface area (Å²) in [7, 11) is 3.29. The Labute approximate surface area is 114 Å². The van der Waals surface area contributed by atoms with Crippen molar-refractivity contribution in [1.82, 2.24) is 0 Å². The lowest BCUT2D eigenvalue weighted by molar-refractivity contribution is 0.355. The molecule has 0 bridgehead atoms. The number of hydrogen-bond acceptors (Lipinski definition) is 3. The number of ether oxygens (including phenoxy) is 2. The molecule has 0 aliphatic heterocycles. The van der Waals surface area contributed by atoms with Crippen molar-refractivity contribution in [3.8, 4) is 22.6 Å². The van der Waals surface area contributed by atoms with Crippen molar-refractivity contribution in [3.05, 3.63) is 48.0 Å². The lowest BCUT2D eigenvalue weighted by Crippen LogP contribution is -2.06. The molecule has 0 aromatic heterocycles. The average Bonchev–Trinajstić information content (AvgIpc) is 2.46. The molecule has 100 valence electrons. The molecule has 19 heavy (non-hydrogen) atoms. The van der Waals surface area contributed by atoms with Gasteiger partial charge in [0.05, 0.1) is 14.2 Å². The van der Waals surface area contributed by atoms with Gasteiger partial charge in [-0.3, -0.25) is 0 Å². The quantitative estimate of drug-likeness (QED) is 0.913. The summed E-state index contributed by atoms with van der Waals surface area (Å²) in [4.78, 5) is 0. The highest BCUT2D eigenvalue weighted by atomic mass is 16.5. The molecule has 0 saturated carbocycles. The van der Waals surface area contributed by atoms with Crippen LogP contribution < -0.4 is 15.2 Å². The molecule has 2 aromatic rings. The van der Waals surface area contributed by atoms with Crippen molar-refractivity contribution < 1.29 is 9.47 Å². The average molecular weight is 257 g/mol. The number of benzene rings is 2. The maximum atomic E-state index is 5.98. The summed E-state index contributed by atoms with van der Waals surface area (Å²) in [6.45, 7) is 1.95. The first-order chi connectivity index (χ1) is 9.17. The van der Waals surface area contributed by atoms with Gasteiger partial charge in [-0.15, -0.1) is 0 Å². The molecule has 2 rings (SSSR count). The van der Waals surface area contributed by atoms with Crippen LogP contribution in [0.15, 0.2) is 42.5 Å². The van der Waals surface area contributed by atoms with Gasteiger partial charge in [-0.2, -0.15) is 0 Å². The predicted octanol–water partition coefficient (Wildman–Crippen LogP) is 3.39. The Morgan fingerprint density at radius 3 is 2.21 bits per heavy atom. The monoisotopic (exact) mass is 257 g/mol. The fraction of sp³-hybridized carbons (Fsp3) is 0.250. The van der Waals surface area contributed by atoms with Crippen LogP contribution in [0.5, 0.6) is 11.5 Å². The minimum atomic E-state index is -0.0535. The van der Waals surface area contributed by atoms with Crippen LogP contribution in [0.3, 0.4) is 0 Å². The van der Waals surface area contributed by atoms with E-state index in [4.69, 9.17) is 15.2 Å². The van der Waals surface area contributed by atoms with E-state index in [0.29, 0.717) is 5.75 Å². The summed E-state index contributed by atoms with van der Waals surface area (Å²) in [6, 6.07) is 14.0. The van der Waals surface area contributed by atoms with Crippen molar-refractivity contribution in [2.75, 3.05) is 14.2 Å². The zero-order valence-electron chi connectivity index (χ0n) is 11.5. The standard InChI is InChI=1S/C16H19NO2/c1-11(17)13-9-14(12-7-5-4-6-8-12)16(19-3)15(10-13)18-2/h4-11H,17H2,1-3H3. The Balaban J connectivity index is 2.66. The van der Waals surface area contributed by atoms with Gasteiger partial charge in [0.25, 0.3) is 0 Å². The van der Waals surface area contributed by atoms with E-state index in [1.54, 1.807) is 14.2 Å². The highest BCUT2D eigenvalue weighted by Crippen LogP contribution is 2.40. The van der Waals surface area contributed by atoms with Crippen molar-refractivity contribution in [2.24, 2.45) is 5.73 Å². The highest BCUT2D eigenvalue weighted by molar-refractivity contribution is 5.75. The molecule has 0 heterocycles. The molecule has 2 aromatic carbocycles. The van der Waals surface area contributed by atoms with E-state index in [2.05, 4.69) is 6.07 Å². The van der Waals surface area contributed by atoms with Crippen LogP contribution in [0.2, 0.25) is 0 Å². The van der Waals surface area contributed by atoms with Crippen molar-refractivity contribution >= 4 is 0 Å². The minimum Gasteiger partial charge on any atom is -0.493 e. The third-order valence-electron chi connectivity index (χ3n) is 3.11. The fourth-order valence-corrected chi connectivity index (χ4v) is 2.08. The maximum absolute atomic E-state index is 5.98.